The van der Waals surface area contributed by atoms with Crippen molar-refractivity contribution >= 4 is 26.0 Å². The normalized spacial score (nSPS) is 12.7. The molecule has 0 atom stereocenters. The maximum Gasteiger partial charge on any atom is 0.241 e. The minimum Gasteiger partial charge on any atom is -0.392 e. The molecule has 0 bridgehead atoms. The van der Waals surface area contributed by atoms with Crippen LogP contribution in [0, 0.1) is 6.92 Å². The van der Waals surface area contributed by atoms with Crippen LogP contribution in [0.15, 0.2) is 21.5 Å². The molecule has 0 aliphatic rings. The Morgan fingerprint density at radius 1 is 1.40 bits per heavy atom. The number of aliphatic hydroxyl groups is 1. The van der Waals surface area contributed by atoms with Crippen LogP contribution in [0.3, 0.4) is 0 Å². The van der Waals surface area contributed by atoms with Crippen molar-refractivity contribution in [2.75, 3.05) is 13.7 Å². The Morgan fingerprint density at radius 3 is 2.50 bits per heavy atom. The number of hydrogen-bond donors (Lipinski definition) is 2. The van der Waals surface area contributed by atoms with E-state index < -0.39 is 15.6 Å². The summed E-state index contributed by atoms with van der Waals surface area (Å²) in [7, 11) is -2.15. The molecule has 0 amide bonds. The van der Waals surface area contributed by atoms with Crippen LogP contribution in [0.1, 0.15) is 25.0 Å². The highest BCUT2D eigenvalue weighted by Gasteiger charge is 2.24. The lowest BCUT2D eigenvalue weighted by Crippen LogP contribution is -2.39. The van der Waals surface area contributed by atoms with Gasteiger partial charge < -0.3 is 9.84 Å². The zero-order chi connectivity index (χ0) is 15.6. The van der Waals surface area contributed by atoms with Crippen molar-refractivity contribution in [2.24, 2.45) is 0 Å². The van der Waals surface area contributed by atoms with E-state index in [1.165, 1.54) is 13.2 Å². The first-order valence-corrected chi connectivity index (χ1v) is 8.35. The van der Waals surface area contributed by atoms with Crippen LogP contribution in [0.5, 0.6) is 0 Å². The van der Waals surface area contributed by atoms with Crippen LogP contribution >= 0.6 is 15.9 Å². The number of sulfonamides is 1. The fourth-order valence-corrected chi connectivity index (χ4v) is 3.78. The highest BCUT2D eigenvalue weighted by Crippen LogP contribution is 2.27. The van der Waals surface area contributed by atoms with Crippen molar-refractivity contribution in [1.82, 2.24) is 4.72 Å². The van der Waals surface area contributed by atoms with Crippen LogP contribution in [0.25, 0.3) is 0 Å². The Morgan fingerprint density at radius 2 is 2.00 bits per heavy atom. The van der Waals surface area contributed by atoms with Crippen LogP contribution in [0.2, 0.25) is 0 Å². The van der Waals surface area contributed by atoms with Crippen molar-refractivity contribution in [3.8, 4) is 0 Å². The molecule has 20 heavy (non-hydrogen) atoms. The number of hydrogen-bond acceptors (Lipinski definition) is 4. The molecule has 0 unspecified atom stereocenters. The average molecular weight is 366 g/mol. The second-order valence-electron chi connectivity index (χ2n) is 5.17. The van der Waals surface area contributed by atoms with Crippen LogP contribution in [-0.4, -0.2) is 32.8 Å². The quantitative estimate of drug-likeness (QED) is 0.807. The largest absolute Gasteiger partial charge is 0.392 e. The molecule has 0 aromatic heterocycles. The highest BCUT2D eigenvalue weighted by molar-refractivity contribution is 9.10. The van der Waals surface area contributed by atoms with Gasteiger partial charge in [-0.2, -0.15) is 0 Å². The summed E-state index contributed by atoms with van der Waals surface area (Å²) in [6, 6.07) is 3.20. The number of halogens is 1. The predicted molar refractivity (Wildman–Crippen MR) is 81.1 cm³/mol. The lowest BCUT2D eigenvalue weighted by Gasteiger charge is -2.23. The zero-order valence-corrected chi connectivity index (χ0v) is 14.4. The first kappa shape index (κ1) is 17.6. The molecule has 0 saturated heterocycles. The van der Waals surface area contributed by atoms with Gasteiger partial charge in [0, 0.05) is 18.1 Å². The molecule has 0 radical (unpaired) electrons. The van der Waals surface area contributed by atoms with Gasteiger partial charge in [-0.25, -0.2) is 13.1 Å². The molecule has 1 aromatic carbocycles. The lowest BCUT2D eigenvalue weighted by atomic mass is 10.1. The van der Waals surface area contributed by atoms with Gasteiger partial charge in [0.25, 0.3) is 0 Å². The Balaban J connectivity index is 3.13. The molecule has 114 valence electrons. The first-order chi connectivity index (χ1) is 9.13. The molecular formula is C13H20BrNO4S. The molecule has 0 spiro atoms. The van der Waals surface area contributed by atoms with Crippen molar-refractivity contribution in [3.05, 3.63) is 27.7 Å². The van der Waals surface area contributed by atoms with Gasteiger partial charge in [0.15, 0.2) is 0 Å². The van der Waals surface area contributed by atoms with Gasteiger partial charge in [-0.05, 0) is 53.9 Å². The van der Waals surface area contributed by atoms with Crippen LogP contribution in [0.4, 0.5) is 0 Å². The number of nitrogens with one attached hydrogen (secondary N) is 1. The van der Waals surface area contributed by atoms with Gasteiger partial charge >= 0.3 is 0 Å². The fraction of sp³-hybridized carbons (Fsp3) is 0.538. The van der Waals surface area contributed by atoms with Gasteiger partial charge in [-0.15, -0.1) is 0 Å². The third-order valence-corrected chi connectivity index (χ3v) is 5.73. The van der Waals surface area contributed by atoms with Gasteiger partial charge in [-0.1, -0.05) is 6.07 Å². The molecule has 0 aliphatic heterocycles. The highest BCUT2D eigenvalue weighted by atomic mass is 79.9. The van der Waals surface area contributed by atoms with Gasteiger partial charge in [0.05, 0.1) is 17.1 Å². The van der Waals surface area contributed by atoms with E-state index in [0.717, 1.165) is 5.56 Å². The Labute approximate surface area is 128 Å². The van der Waals surface area contributed by atoms with Crippen molar-refractivity contribution in [2.45, 2.75) is 37.9 Å². The Hall–Kier alpha value is -0.470. The first-order valence-electron chi connectivity index (χ1n) is 6.07. The SMILES string of the molecule is COC(C)(C)CNS(=O)(=O)c1cc(CO)cc(C)c1Br. The number of methoxy groups -OCH3 is 1. The van der Waals surface area contributed by atoms with E-state index >= 15 is 0 Å². The smallest absolute Gasteiger partial charge is 0.241 e. The van der Waals surface area contributed by atoms with E-state index in [2.05, 4.69) is 20.7 Å². The third-order valence-electron chi connectivity index (χ3n) is 2.99. The minimum atomic E-state index is -3.68. The summed E-state index contributed by atoms with van der Waals surface area (Å²) in [6.07, 6.45) is 0. The molecule has 1 aromatic rings. The number of aryl methyl sites for hydroxylation is 1. The van der Waals surface area contributed by atoms with E-state index in [4.69, 9.17) is 4.74 Å². The lowest BCUT2D eigenvalue weighted by molar-refractivity contribution is 0.0276. The van der Waals surface area contributed by atoms with Gasteiger partial charge in [0.2, 0.25) is 10.0 Å². The predicted octanol–water partition coefficient (Wildman–Crippen LogP) is 1.95. The Kier molecular flexibility index (Phi) is 5.74. The van der Waals surface area contributed by atoms with Gasteiger partial charge in [0.1, 0.15) is 0 Å². The summed E-state index contributed by atoms with van der Waals surface area (Å²) in [5.74, 6) is 0. The maximum atomic E-state index is 12.4. The summed E-state index contributed by atoms with van der Waals surface area (Å²) in [6.45, 7) is 5.31. The van der Waals surface area contributed by atoms with Crippen molar-refractivity contribution in [1.29, 1.82) is 0 Å². The zero-order valence-electron chi connectivity index (χ0n) is 12.0. The standard InChI is InChI=1S/C13H20BrNO4S/c1-9-5-10(7-16)6-11(12(9)14)20(17,18)15-8-13(2,3)19-4/h5-6,15-16H,7-8H2,1-4H3. The summed E-state index contributed by atoms with van der Waals surface area (Å²) in [4.78, 5) is 0.119. The molecule has 1 rings (SSSR count). The van der Waals surface area contributed by atoms with E-state index in [-0.39, 0.29) is 18.0 Å². The molecule has 0 saturated carbocycles. The summed E-state index contributed by atoms with van der Waals surface area (Å²) < 4.78 is 32.9. The second-order valence-corrected chi connectivity index (χ2v) is 7.70. The van der Waals surface area contributed by atoms with E-state index in [1.807, 2.05) is 0 Å². The fourth-order valence-electron chi connectivity index (χ4n) is 1.51. The molecule has 7 heteroatoms. The average Bonchev–Trinajstić information content (AvgIpc) is 2.39. The van der Waals surface area contributed by atoms with E-state index in [0.29, 0.717) is 10.0 Å². The number of aliphatic hydroxyl groups excluding tert-OH is 1. The van der Waals surface area contributed by atoms with Crippen molar-refractivity contribution < 1.29 is 18.3 Å². The third kappa shape index (κ3) is 4.26. The monoisotopic (exact) mass is 365 g/mol. The molecule has 0 aliphatic carbocycles. The number of ether oxygens (including phenoxy) is 1. The van der Waals surface area contributed by atoms with Gasteiger partial charge in [-0.3, -0.25) is 0 Å². The maximum absolute atomic E-state index is 12.4. The summed E-state index contributed by atoms with van der Waals surface area (Å²) >= 11 is 3.28. The van der Waals surface area contributed by atoms with Crippen LogP contribution < -0.4 is 4.72 Å². The summed E-state index contributed by atoms with van der Waals surface area (Å²) in [5, 5.41) is 9.19. The number of rotatable bonds is 6. The number of benzene rings is 1. The van der Waals surface area contributed by atoms with E-state index in [9.17, 15) is 13.5 Å². The second kappa shape index (κ2) is 6.53. The Bertz CT molecular complexity index is 584. The topological polar surface area (TPSA) is 75.6 Å². The molecular weight excluding hydrogens is 346 g/mol. The summed E-state index contributed by atoms with van der Waals surface area (Å²) in [5.41, 5.74) is 0.711. The van der Waals surface area contributed by atoms with Crippen LogP contribution in [-0.2, 0) is 21.4 Å². The molecule has 2 N–H and O–H groups in total. The molecule has 0 heterocycles. The molecule has 0 fully saturated rings. The minimum absolute atomic E-state index is 0.119. The molecule has 5 nitrogen and oxygen atoms in total. The van der Waals surface area contributed by atoms with Crippen molar-refractivity contribution in [3.63, 3.8) is 0 Å². The van der Waals surface area contributed by atoms with E-state index in [1.54, 1.807) is 26.8 Å².